The Bertz CT molecular complexity index is 905. The van der Waals surface area contributed by atoms with Gasteiger partial charge in [-0.05, 0) is 43.2 Å². The van der Waals surface area contributed by atoms with E-state index in [9.17, 15) is 4.79 Å². The summed E-state index contributed by atoms with van der Waals surface area (Å²) in [5, 5.41) is 4.13. The topological polar surface area (TPSA) is 46.9 Å². The van der Waals surface area contributed by atoms with Crippen LogP contribution in [0.5, 0.6) is 0 Å². The average Bonchev–Trinajstić information content (AvgIpc) is 2.96. The molecule has 0 unspecified atom stereocenters. The smallest absolute Gasteiger partial charge is 0.220 e. The number of nitrogens with zero attached hydrogens (tertiary/aromatic N) is 2. The van der Waals surface area contributed by atoms with Crippen LogP contribution in [0.3, 0.4) is 0 Å². The zero-order valence-corrected chi connectivity index (χ0v) is 15.4. The van der Waals surface area contributed by atoms with Crippen molar-refractivity contribution in [1.82, 2.24) is 14.9 Å². The van der Waals surface area contributed by atoms with Gasteiger partial charge in [0, 0.05) is 23.0 Å². The number of hydrogen-bond acceptors (Lipinski definition) is 2. The summed E-state index contributed by atoms with van der Waals surface area (Å²) in [4.78, 5) is 16.8. The summed E-state index contributed by atoms with van der Waals surface area (Å²) in [6.45, 7) is 3.30. The molecule has 130 valence electrons. The highest BCUT2D eigenvalue weighted by molar-refractivity contribution is 6.35. The Morgan fingerprint density at radius 3 is 2.76 bits per heavy atom. The molecule has 0 aliphatic heterocycles. The summed E-state index contributed by atoms with van der Waals surface area (Å²) >= 11 is 12.0. The first kappa shape index (κ1) is 17.8. The summed E-state index contributed by atoms with van der Waals surface area (Å²) in [5.74, 6) is 0.835. The van der Waals surface area contributed by atoms with Crippen molar-refractivity contribution in [2.45, 2.75) is 32.9 Å². The first-order chi connectivity index (χ1) is 12.1. The van der Waals surface area contributed by atoms with Crippen LogP contribution >= 0.6 is 23.2 Å². The Labute approximate surface area is 156 Å². The normalized spacial score (nSPS) is 11.0. The third-order valence-electron chi connectivity index (χ3n) is 4.13. The monoisotopic (exact) mass is 375 g/mol. The number of fused-ring (bicyclic) bond motifs is 1. The number of carbonyl (C=O) groups is 1. The van der Waals surface area contributed by atoms with Crippen LogP contribution in [-0.4, -0.2) is 15.5 Å². The van der Waals surface area contributed by atoms with Gasteiger partial charge in [0.2, 0.25) is 5.91 Å². The van der Waals surface area contributed by atoms with Crippen molar-refractivity contribution < 1.29 is 4.79 Å². The van der Waals surface area contributed by atoms with Crippen molar-refractivity contribution in [2.75, 3.05) is 0 Å². The van der Waals surface area contributed by atoms with Gasteiger partial charge in [-0.2, -0.15) is 0 Å². The highest BCUT2D eigenvalue weighted by Crippen LogP contribution is 2.22. The molecule has 0 bridgehead atoms. The first-order valence-corrected chi connectivity index (χ1v) is 8.99. The molecule has 0 aliphatic rings. The standard InChI is InChI=1S/C19H19Cl2N3O/c1-2-24-17-6-4-3-5-16(17)23-18(24)12-22-19(25)10-8-13-7-9-14(20)11-15(13)21/h3-7,9,11H,2,8,10,12H2,1H3,(H,22,25). The van der Waals surface area contributed by atoms with E-state index in [1.54, 1.807) is 12.1 Å². The lowest BCUT2D eigenvalue weighted by Gasteiger charge is -2.08. The molecule has 0 radical (unpaired) electrons. The lowest BCUT2D eigenvalue weighted by Crippen LogP contribution is -2.25. The molecular weight excluding hydrogens is 357 g/mol. The molecule has 0 saturated carbocycles. The number of halogens is 2. The lowest BCUT2D eigenvalue weighted by molar-refractivity contribution is -0.121. The van der Waals surface area contributed by atoms with Crippen molar-refractivity contribution in [3.63, 3.8) is 0 Å². The number of amides is 1. The number of rotatable bonds is 6. The van der Waals surface area contributed by atoms with Gasteiger partial charge in [0.05, 0.1) is 17.6 Å². The van der Waals surface area contributed by atoms with Crippen molar-refractivity contribution in [3.05, 3.63) is 63.9 Å². The van der Waals surface area contributed by atoms with Gasteiger partial charge in [-0.1, -0.05) is 41.4 Å². The summed E-state index contributed by atoms with van der Waals surface area (Å²) in [5.41, 5.74) is 2.95. The van der Waals surface area contributed by atoms with Gasteiger partial charge in [0.1, 0.15) is 5.82 Å². The fourth-order valence-electron chi connectivity index (χ4n) is 2.85. The molecule has 0 saturated heterocycles. The maximum absolute atomic E-state index is 12.2. The third-order valence-corrected chi connectivity index (χ3v) is 4.72. The number of aryl methyl sites for hydroxylation is 2. The van der Waals surface area contributed by atoms with Crippen LogP contribution in [0.2, 0.25) is 10.0 Å². The number of aromatic nitrogens is 2. The van der Waals surface area contributed by atoms with E-state index in [1.807, 2.05) is 30.3 Å². The van der Waals surface area contributed by atoms with Gasteiger partial charge in [-0.25, -0.2) is 4.98 Å². The van der Waals surface area contributed by atoms with Gasteiger partial charge in [0.15, 0.2) is 0 Å². The minimum absolute atomic E-state index is 0.0271. The van der Waals surface area contributed by atoms with Crippen LogP contribution in [0.15, 0.2) is 42.5 Å². The van der Waals surface area contributed by atoms with E-state index in [1.165, 1.54) is 0 Å². The molecular formula is C19H19Cl2N3O. The number of para-hydroxylation sites is 2. The zero-order valence-electron chi connectivity index (χ0n) is 13.9. The fraction of sp³-hybridized carbons (Fsp3) is 0.263. The Kier molecular flexibility index (Phi) is 5.61. The van der Waals surface area contributed by atoms with E-state index in [0.29, 0.717) is 29.4 Å². The largest absolute Gasteiger partial charge is 0.349 e. The lowest BCUT2D eigenvalue weighted by atomic mass is 10.1. The average molecular weight is 376 g/mol. The van der Waals surface area contributed by atoms with Crippen LogP contribution < -0.4 is 5.32 Å². The molecule has 0 spiro atoms. The number of imidazole rings is 1. The molecule has 1 N–H and O–H groups in total. The summed E-state index contributed by atoms with van der Waals surface area (Å²) in [6.07, 6.45) is 0.944. The number of hydrogen-bond donors (Lipinski definition) is 1. The minimum atomic E-state index is -0.0271. The molecule has 3 aromatic rings. The van der Waals surface area contributed by atoms with Crippen LogP contribution in [0.4, 0.5) is 0 Å². The second-order valence-electron chi connectivity index (χ2n) is 5.77. The highest BCUT2D eigenvalue weighted by atomic mass is 35.5. The van der Waals surface area contributed by atoms with E-state index in [4.69, 9.17) is 23.2 Å². The second kappa shape index (κ2) is 7.89. The maximum atomic E-state index is 12.2. The summed E-state index contributed by atoms with van der Waals surface area (Å²) < 4.78 is 2.12. The van der Waals surface area contributed by atoms with E-state index in [0.717, 1.165) is 29.0 Å². The van der Waals surface area contributed by atoms with Gasteiger partial charge in [-0.3, -0.25) is 4.79 Å². The summed E-state index contributed by atoms with van der Waals surface area (Å²) in [7, 11) is 0. The molecule has 6 heteroatoms. The van der Waals surface area contributed by atoms with Gasteiger partial charge >= 0.3 is 0 Å². The first-order valence-electron chi connectivity index (χ1n) is 8.23. The molecule has 1 heterocycles. The highest BCUT2D eigenvalue weighted by Gasteiger charge is 2.11. The maximum Gasteiger partial charge on any atom is 0.220 e. The second-order valence-corrected chi connectivity index (χ2v) is 6.62. The predicted molar refractivity (Wildman–Crippen MR) is 102 cm³/mol. The molecule has 0 fully saturated rings. The Morgan fingerprint density at radius 2 is 2.00 bits per heavy atom. The van der Waals surface area contributed by atoms with Crippen molar-refractivity contribution in [2.24, 2.45) is 0 Å². The van der Waals surface area contributed by atoms with Crippen LogP contribution in [0, 0.1) is 0 Å². The van der Waals surface area contributed by atoms with Crippen molar-refractivity contribution >= 4 is 40.1 Å². The van der Waals surface area contributed by atoms with Gasteiger partial charge in [-0.15, -0.1) is 0 Å². The van der Waals surface area contributed by atoms with Gasteiger partial charge < -0.3 is 9.88 Å². The molecule has 0 aliphatic carbocycles. The Morgan fingerprint density at radius 1 is 1.20 bits per heavy atom. The zero-order chi connectivity index (χ0) is 17.8. The van der Waals surface area contributed by atoms with Crippen LogP contribution in [0.25, 0.3) is 11.0 Å². The van der Waals surface area contributed by atoms with Gasteiger partial charge in [0.25, 0.3) is 0 Å². The number of carbonyl (C=O) groups excluding carboxylic acids is 1. The summed E-state index contributed by atoms with van der Waals surface area (Å²) in [6, 6.07) is 13.3. The SMILES string of the molecule is CCn1c(CNC(=O)CCc2ccc(Cl)cc2Cl)nc2ccccc21. The number of benzene rings is 2. The van der Waals surface area contributed by atoms with E-state index < -0.39 is 0 Å². The molecule has 0 atom stereocenters. The Balaban J connectivity index is 1.61. The molecule has 1 aromatic heterocycles. The third kappa shape index (κ3) is 4.14. The molecule has 2 aromatic carbocycles. The predicted octanol–water partition coefficient (Wildman–Crippen LogP) is 4.61. The molecule has 1 amide bonds. The van der Waals surface area contributed by atoms with Crippen LogP contribution in [-0.2, 0) is 24.3 Å². The quantitative estimate of drug-likeness (QED) is 0.683. The van der Waals surface area contributed by atoms with Crippen molar-refractivity contribution in [1.29, 1.82) is 0 Å². The van der Waals surface area contributed by atoms with Crippen molar-refractivity contribution in [3.8, 4) is 0 Å². The van der Waals surface area contributed by atoms with E-state index >= 15 is 0 Å². The van der Waals surface area contributed by atoms with E-state index in [2.05, 4.69) is 21.8 Å². The molecule has 25 heavy (non-hydrogen) atoms. The minimum Gasteiger partial charge on any atom is -0.349 e. The molecule has 4 nitrogen and oxygen atoms in total. The number of nitrogens with one attached hydrogen (secondary N) is 1. The fourth-order valence-corrected chi connectivity index (χ4v) is 3.35. The van der Waals surface area contributed by atoms with E-state index in [-0.39, 0.29) is 5.91 Å². The Hall–Kier alpha value is -2.04. The van der Waals surface area contributed by atoms with Crippen LogP contribution in [0.1, 0.15) is 24.7 Å². The molecule has 3 rings (SSSR count).